The summed E-state index contributed by atoms with van der Waals surface area (Å²) in [4.78, 5) is 71.0. The van der Waals surface area contributed by atoms with E-state index in [-0.39, 0.29) is 35.5 Å². The minimum absolute atomic E-state index is 0.00374. The van der Waals surface area contributed by atoms with Crippen LogP contribution in [0.2, 0.25) is 0 Å². The number of aryl methyl sites for hydroxylation is 2. The third-order valence-corrected chi connectivity index (χ3v) is 13.1. The fourth-order valence-electron chi connectivity index (χ4n) is 9.29. The number of piperazine rings is 1. The smallest absolute Gasteiger partial charge is 0.329 e. The van der Waals surface area contributed by atoms with Gasteiger partial charge in [0, 0.05) is 70.5 Å². The van der Waals surface area contributed by atoms with Crippen LogP contribution in [0.4, 0.5) is 5.82 Å². The lowest BCUT2D eigenvalue weighted by molar-refractivity contribution is -0.135. The van der Waals surface area contributed by atoms with Gasteiger partial charge in [0.05, 0.1) is 75.6 Å². The monoisotopic (exact) mass is 968 g/mol. The van der Waals surface area contributed by atoms with Crippen molar-refractivity contribution in [1.29, 1.82) is 0 Å². The number of unbranched alkanes of at least 4 members (excludes halogenated alkanes) is 5. The number of aromatic hydroxyl groups is 1. The summed E-state index contributed by atoms with van der Waals surface area (Å²) >= 11 is 0. The lowest BCUT2D eigenvalue weighted by Crippen LogP contribution is -2.44. The molecule has 378 valence electrons. The van der Waals surface area contributed by atoms with Crippen LogP contribution in [0.25, 0.3) is 11.0 Å². The molecule has 7 rings (SSSR count). The van der Waals surface area contributed by atoms with Crippen LogP contribution in [0.1, 0.15) is 92.6 Å². The first-order valence-electron chi connectivity index (χ1n) is 24.9. The van der Waals surface area contributed by atoms with E-state index in [0.717, 1.165) is 93.5 Å². The zero-order valence-corrected chi connectivity index (χ0v) is 40.4. The number of hydrogen-bond acceptors (Lipinski definition) is 14. The van der Waals surface area contributed by atoms with Crippen LogP contribution in [-0.4, -0.2) is 139 Å². The van der Waals surface area contributed by atoms with Gasteiger partial charge in [0.15, 0.2) is 5.78 Å². The molecule has 18 heteroatoms. The van der Waals surface area contributed by atoms with Gasteiger partial charge in [-0.1, -0.05) is 43.9 Å². The Balaban J connectivity index is 0.606. The van der Waals surface area contributed by atoms with Crippen molar-refractivity contribution < 1.29 is 48.0 Å². The fraction of sp³-hybridized carbons (Fsp3) is 0.538. The van der Waals surface area contributed by atoms with Crippen molar-refractivity contribution in [2.75, 3.05) is 84.0 Å². The molecule has 0 radical (unpaired) electrons. The second-order valence-electron chi connectivity index (χ2n) is 18.1. The summed E-state index contributed by atoms with van der Waals surface area (Å²) in [7, 11) is 1.69. The van der Waals surface area contributed by atoms with Crippen LogP contribution in [0.15, 0.2) is 77.9 Å². The van der Waals surface area contributed by atoms with E-state index in [4.69, 9.17) is 23.7 Å². The van der Waals surface area contributed by atoms with Gasteiger partial charge >= 0.3 is 5.69 Å². The number of nitrogens with one attached hydrogen (secondary N) is 2. The van der Waals surface area contributed by atoms with Crippen LogP contribution in [0.3, 0.4) is 0 Å². The standard InChI is InChI=1S/C52H69N7O11/c1-56-45-33-38(15-17-43(45)59(52(56)65)44-18-20-50(63)55-51(44)64)11-10-24-66-27-29-68-31-32-69-30-28-67-26-22-53-49(62)14-6-4-2-3-5-9-25-70-41-16-19-48(54-35-41)58-37-39-34-40(58)36-57(39)23-21-47(61)42-12-7-8-13-46(42)60/h7-8,12-13,15-17,19,21,23,33,35,39-40,44,60H,2-6,9-11,14,18,20,22,24-32,34,36-37H2,1H3,(H,53,62)(H,55,63,64)/b23-21+/t39-,40-,44?/m1/s1. The summed E-state index contributed by atoms with van der Waals surface area (Å²) in [6, 6.07) is 16.4. The molecule has 5 heterocycles. The molecule has 3 aliphatic heterocycles. The molecule has 3 saturated heterocycles. The highest BCUT2D eigenvalue weighted by molar-refractivity contribution is 6.06. The van der Waals surface area contributed by atoms with E-state index in [1.54, 1.807) is 42.1 Å². The molecular weight excluding hydrogens is 899 g/mol. The van der Waals surface area contributed by atoms with Gasteiger partial charge in [-0.05, 0) is 80.5 Å². The number of rotatable bonds is 31. The first-order chi connectivity index (χ1) is 34.2. The third-order valence-electron chi connectivity index (χ3n) is 13.1. The van der Waals surface area contributed by atoms with Gasteiger partial charge in [-0.15, -0.1) is 0 Å². The van der Waals surface area contributed by atoms with Crippen molar-refractivity contribution in [3.63, 3.8) is 0 Å². The summed E-state index contributed by atoms with van der Waals surface area (Å²) in [6.07, 6.45) is 14.9. The number of phenols is 1. The number of amides is 3. The minimum Gasteiger partial charge on any atom is -0.507 e. The first-order valence-corrected chi connectivity index (χ1v) is 24.9. The molecule has 2 aromatic heterocycles. The van der Waals surface area contributed by atoms with Gasteiger partial charge in [-0.25, -0.2) is 9.78 Å². The van der Waals surface area contributed by atoms with Crippen molar-refractivity contribution in [2.45, 2.75) is 95.2 Å². The van der Waals surface area contributed by atoms with Gasteiger partial charge < -0.3 is 43.9 Å². The number of ketones is 1. The van der Waals surface area contributed by atoms with Gasteiger partial charge in [0.25, 0.3) is 0 Å². The Hall–Kier alpha value is -6.08. The number of para-hydroxylation sites is 1. The maximum absolute atomic E-state index is 13.0. The number of benzene rings is 2. The number of pyridine rings is 1. The molecule has 4 aromatic rings. The number of imidazole rings is 1. The number of allylic oxidation sites excluding steroid dienone is 1. The molecule has 3 amide bonds. The van der Waals surface area contributed by atoms with E-state index >= 15 is 0 Å². The van der Waals surface area contributed by atoms with Crippen LogP contribution < -0.4 is 26.0 Å². The Kier molecular flexibility index (Phi) is 19.8. The highest BCUT2D eigenvalue weighted by atomic mass is 16.6. The van der Waals surface area contributed by atoms with Gasteiger partial charge in [-0.2, -0.15) is 0 Å². The summed E-state index contributed by atoms with van der Waals surface area (Å²) < 4.78 is 31.4. The molecule has 3 N–H and O–H groups in total. The molecule has 0 saturated carbocycles. The topological polar surface area (TPSA) is 205 Å². The summed E-state index contributed by atoms with van der Waals surface area (Å²) in [5, 5.41) is 15.2. The SMILES string of the molecule is Cn1c(=O)n(C2CCC(=O)NC2=O)c2ccc(CCCOCCOCCOCCOCCNC(=O)CCCCCCCCOc3ccc(N4C[C@H]5C[C@@H]4CN5/C=C/C(=O)c4ccccc4O)nc3)cc21. The van der Waals surface area contributed by atoms with Crippen LogP contribution in [0.5, 0.6) is 11.5 Å². The predicted molar refractivity (Wildman–Crippen MR) is 263 cm³/mol. The summed E-state index contributed by atoms with van der Waals surface area (Å²) in [6.45, 7) is 6.52. The van der Waals surface area contributed by atoms with Crippen molar-refractivity contribution in [3.8, 4) is 11.5 Å². The molecule has 3 aliphatic rings. The van der Waals surface area contributed by atoms with Gasteiger partial charge in [0.1, 0.15) is 23.4 Å². The number of carbonyl (C=O) groups excluding carboxylic acids is 4. The maximum atomic E-state index is 13.0. The number of ether oxygens (including phenoxy) is 5. The average molecular weight is 968 g/mol. The van der Waals surface area contributed by atoms with E-state index in [1.807, 2.05) is 36.5 Å². The van der Waals surface area contributed by atoms with Crippen LogP contribution in [-0.2, 0) is 46.8 Å². The predicted octanol–water partition coefficient (Wildman–Crippen LogP) is 5.00. The minimum atomic E-state index is -0.698. The van der Waals surface area contributed by atoms with E-state index in [1.165, 1.54) is 10.6 Å². The molecular formula is C52H69N7O11. The molecule has 1 unspecified atom stereocenters. The third kappa shape index (κ3) is 14.7. The first kappa shape index (κ1) is 51.8. The highest BCUT2D eigenvalue weighted by Crippen LogP contribution is 2.34. The van der Waals surface area contributed by atoms with E-state index < -0.39 is 11.9 Å². The quantitative estimate of drug-likeness (QED) is 0.0263. The number of carbonyl (C=O) groups is 4. The van der Waals surface area contributed by atoms with Gasteiger partial charge in [-0.3, -0.25) is 33.6 Å². The average Bonchev–Trinajstić information content (AvgIpc) is 4.04. The Morgan fingerprint density at radius 3 is 2.24 bits per heavy atom. The second kappa shape index (κ2) is 26.8. The number of piperidine rings is 1. The summed E-state index contributed by atoms with van der Waals surface area (Å²) in [5.41, 5.74) is 2.52. The number of hydrogen-bond donors (Lipinski definition) is 3. The van der Waals surface area contributed by atoms with Gasteiger partial charge in [0.2, 0.25) is 17.7 Å². The largest absolute Gasteiger partial charge is 0.507 e. The molecule has 2 bridgehead atoms. The molecule has 0 spiro atoms. The van der Waals surface area contributed by atoms with Crippen LogP contribution >= 0.6 is 0 Å². The Morgan fingerprint density at radius 1 is 0.800 bits per heavy atom. The number of imide groups is 1. The van der Waals surface area contributed by atoms with Crippen LogP contribution in [0, 0.1) is 0 Å². The van der Waals surface area contributed by atoms with Crippen molar-refractivity contribution >= 4 is 40.4 Å². The lowest BCUT2D eigenvalue weighted by Gasteiger charge is -2.34. The lowest BCUT2D eigenvalue weighted by atomic mass is 10.1. The fourth-order valence-corrected chi connectivity index (χ4v) is 9.29. The van der Waals surface area contributed by atoms with Crippen molar-refractivity contribution in [3.05, 3.63) is 94.7 Å². The molecule has 3 atom stereocenters. The van der Waals surface area contributed by atoms with Crippen molar-refractivity contribution in [1.82, 2.24) is 29.7 Å². The van der Waals surface area contributed by atoms with E-state index in [0.29, 0.717) is 102 Å². The Labute approximate surface area is 409 Å². The second-order valence-corrected chi connectivity index (χ2v) is 18.1. The maximum Gasteiger partial charge on any atom is 0.329 e. The number of aromatic nitrogens is 3. The van der Waals surface area contributed by atoms with E-state index in [9.17, 15) is 29.1 Å². The number of likely N-dealkylation sites (tertiary alicyclic amines) is 1. The Bertz CT molecular complexity index is 2440. The molecule has 3 fully saturated rings. The zero-order valence-electron chi connectivity index (χ0n) is 40.4. The molecule has 70 heavy (non-hydrogen) atoms. The molecule has 2 aromatic carbocycles. The summed E-state index contributed by atoms with van der Waals surface area (Å²) in [5.74, 6) is 0.796. The number of nitrogens with zero attached hydrogens (tertiary/aromatic N) is 5. The number of phenolic OH excluding ortho intramolecular Hbond substituents is 1. The normalized spacial score (nSPS) is 17.8. The number of anilines is 1. The number of fused-ring (bicyclic) bond motifs is 3. The van der Waals surface area contributed by atoms with Crippen molar-refractivity contribution in [2.24, 2.45) is 7.05 Å². The molecule has 18 nitrogen and oxygen atoms in total. The Morgan fingerprint density at radius 2 is 1.53 bits per heavy atom. The van der Waals surface area contributed by atoms with E-state index in [2.05, 4.69) is 25.4 Å². The zero-order chi connectivity index (χ0) is 49.1. The molecule has 0 aliphatic carbocycles. The highest BCUT2D eigenvalue weighted by Gasteiger charge is 2.42.